The van der Waals surface area contributed by atoms with Crippen LogP contribution in [0.1, 0.15) is 45.4 Å². The number of hydrogen-bond acceptors (Lipinski definition) is 4. The molecule has 6 nitrogen and oxygen atoms in total. The van der Waals surface area contributed by atoms with E-state index in [-0.39, 0.29) is 11.8 Å². The molecule has 8 atom stereocenters. The van der Waals surface area contributed by atoms with Gasteiger partial charge in [-0.2, -0.15) is 0 Å². The Balaban J connectivity index is 2.00. The van der Waals surface area contributed by atoms with Crippen molar-refractivity contribution in [2.24, 2.45) is 39.9 Å². The molecule has 142 valence electrons. The Morgan fingerprint density at radius 1 is 1.23 bits per heavy atom. The van der Waals surface area contributed by atoms with Crippen LogP contribution in [0.25, 0.3) is 0 Å². The highest BCUT2D eigenvalue weighted by Crippen LogP contribution is 2.77. The van der Waals surface area contributed by atoms with Gasteiger partial charge < -0.3 is 20.1 Å². The molecule has 4 aliphatic carbocycles. The molecule has 0 heterocycles. The number of aliphatic carboxylic acids is 2. The van der Waals surface area contributed by atoms with Crippen LogP contribution in [0.15, 0.2) is 12.2 Å². The van der Waals surface area contributed by atoms with Gasteiger partial charge in [-0.25, -0.2) is 0 Å². The fraction of sp³-hybridized carbons (Fsp3) is 0.750. The first-order valence-corrected chi connectivity index (χ1v) is 9.46. The molecule has 1 spiro atoms. The van der Waals surface area contributed by atoms with Gasteiger partial charge >= 0.3 is 11.9 Å². The molecule has 0 aromatic rings. The number of aldehydes is 1. The predicted octanol–water partition coefficient (Wildman–Crippen LogP) is 2.11. The first-order valence-electron chi connectivity index (χ1n) is 9.46. The maximum absolute atomic E-state index is 12.5. The van der Waals surface area contributed by atoms with Crippen molar-refractivity contribution in [3.8, 4) is 0 Å². The van der Waals surface area contributed by atoms with Gasteiger partial charge in [-0.3, -0.25) is 9.59 Å². The number of carboxylic acid groups (broad SMARTS) is 2. The van der Waals surface area contributed by atoms with Gasteiger partial charge in [0.25, 0.3) is 0 Å². The van der Waals surface area contributed by atoms with Crippen LogP contribution in [0.3, 0.4) is 0 Å². The second-order valence-corrected chi connectivity index (χ2v) is 9.22. The van der Waals surface area contributed by atoms with Crippen molar-refractivity contribution < 1.29 is 29.7 Å². The van der Waals surface area contributed by atoms with Gasteiger partial charge in [0.05, 0.1) is 17.4 Å². The van der Waals surface area contributed by atoms with Crippen LogP contribution in [0, 0.1) is 39.9 Å². The van der Waals surface area contributed by atoms with Gasteiger partial charge in [0, 0.05) is 16.7 Å². The van der Waals surface area contributed by atoms with Crippen molar-refractivity contribution in [3.63, 3.8) is 0 Å². The highest BCUT2D eigenvalue weighted by Gasteiger charge is 2.79. The zero-order valence-electron chi connectivity index (χ0n) is 15.0. The Bertz CT molecular complexity index is 715. The summed E-state index contributed by atoms with van der Waals surface area (Å²) in [4.78, 5) is 37.1. The summed E-state index contributed by atoms with van der Waals surface area (Å²) < 4.78 is 0. The number of hydrogen-bond donors (Lipinski definition) is 3. The molecular formula is C20H26O6. The molecule has 26 heavy (non-hydrogen) atoms. The molecule has 3 N–H and O–H groups in total. The number of carboxylic acids is 2. The van der Waals surface area contributed by atoms with E-state index in [0.29, 0.717) is 37.7 Å². The smallest absolute Gasteiger partial charge is 0.309 e. The van der Waals surface area contributed by atoms with E-state index in [1.54, 1.807) is 6.92 Å². The monoisotopic (exact) mass is 362 g/mol. The summed E-state index contributed by atoms with van der Waals surface area (Å²) in [5, 5.41) is 31.3. The third-order valence-electron chi connectivity index (χ3n) is 8.54. The molecule has 0 aliphatic heterocycles. The molecule has 0 aromatic heterocycles. The SMILES string of the molecule is C=C1C2CCC3C4(C=O)CCCC(C)(C(=O)O)C4C(C(=O)O)C3(C2)C1O. The lowest BCUT2D eigenvalue weighted by Gasteiger charge is -2.49. The number of aliphatic hydroxyl groups is 1. The Morgan fingerprint density at radius 2 is 1.92 bits per heavy atom. The quantitative estimate of drug-likeness (QED) is 0.524. The van der Waals surface area contributed by atoms with E-state index in [4.69, 9.17) is 0 Å². The van der Waals surface area contributed by atoms with Crippen LogP contribution >= 0.6 is 0 Å². The average molecular weight is 362 g/mol. The summed E-state index contributed by atoms with van der Waals surface area (Å²) in [5.41, 5.74) is -2.59. The van der Waals surface area contributed by atoms with E-state index in [0.717, 1.165) is 12.7 Å². The third kappa shape index (κ3) is 1.70. The topological polar surface area (TPSA) is 112 Å². The van der Waals surface area contributed by atoms with Crippen molar-refractivity contribution in [3.05, 3.63) is 12.2 Å². The lowest BCUT2D eigenvalue weighted by atomic mass is 9.53. The minimum atomic E-state index is -1.28. The van der Waals surface area contributed by atoms with E-state index in [9.17, 15) is 29.7 Å². The van der Waals surface area contributed by atoms with E-state index in [1.165, 1.54) is 0 Å². The minimum Gasteiger partial charge on any atom is -0.481 e. The fourth-order valence-electron chi connectivity index (χ4n) is 7.65. The molecule has 0 aromatic carbocycles. The zero-order chi connectivity index (χ0) is 19.1. The lowest BCUT2D eigenvalue weighted by molar-refractivity contribution is -0.168. The minimum absolute atomic E-state index is 0.0584. The van der Waals surface area contributed by atoms with Crippen molar-refractivity contribution in [1.82, 2.24) is 0 Å². The van der Waals surface area contributed by atoms with Crippen molar-refractivity contribution >= 4 is 18.2 Å². The van der Waals surface area contributed by atoms with Crippen LogP contribution in [0.2, 0.25) is 0 Å². The summed E-state index contributed by atoms with van der Waals surface area (Å²) in [6.07, 6.45) is 3.23. The molecule has 2 bridgehead atoms. The Morgan fingerprint density at radius 3 is 2.50 bits per heavy atom. The average Bonchev–Trinajstić information content (AvgIpc) is 2.98. The van der Waals surface area contributed by atoms with Gasteiger partial charge in [0.1, 0.15) is 6.29 Å². The van der Waals surface area contributed by atoms with Gasteiger partial charge in [-0.15, -0.1) is 0 Å². The first kappa shape index (κ1) is 17.7. The lowest BCUT2D eigenvalue weighted by Crippen LogP contribution is -2.52. The van der Waals surface area contributed by atoms with Gasteiger partial charge in [0.15, 0.2) is 0 Å². The number of rotatable bonds is 3. The highest BCUT2D eigenvalue weighted by atomic mass is 16.4. The summed E-state index contributed by atoms with van der Waals surface area (Å²) in [6.45, 7) is 5.61. The van der Waals surface area contributed by atoms with Crippen LogP contribution in [0.5, 0.6) is 0 Å². The van der Waals surface area contributed by atoms with Gasteiger partial charge in [-0.1, -0.05) is 13.0 Å². The molecule has 0 amide bonds. The maximum atomic E-state index is 12.5. The normalized spacial score (nSPS) is 52.2. The molecule has 0 saturated heterocycles. The molecule has 6 heteroatoms. The number of carbonyl (C=O) groups is 3. The molecule has 4 fully saturated rings. The second kappa shape index (κ2) is 5.18. The van der Waals surface area contributed by atoms with E-state index >= 15 is 0 Å². The van der Waals surface area contributed by atoms with Crippen LogP contribution in [0.4, 0.5) is 0 Å². The highest BCUT2D eigenvalue weighted by molar-refractivity contribution is 5.82. The van der Waals surface area contributed by atoms with Gasteiger partial charge in [-0.05, 0) is 56.4 Å². The summed E-state index contributed by atoms with van der Waals surface area (Å²) >= 11 is 0. The maximum Gasteiger partial charge on any atom is 0.309 e. The van der Waals surface area contributed by atoms with Crippen molar-refractivity contribution in [1.29, 1.82) is 0 Å². The predicted molar refractivity (Wildman–Crippen MR) is 91.1 cm³/mol. The third-order valence-corrected chi connectivity index (χ3v) is 8.54. The van der Waals surface area contributed by atoms with Gasteiger partial charge in [0.2, 0.25) is 0 Å². The Kier molecular flexibility index (Phi) is 3.53. The summed E-state index contributed by atoms with van der Waals surface area (Å²) in [6, 6.07) is 0. The number of carbonyl (C=O) groups excluding carboxylic acids is 1. The Hall–Kier alpha value is -1.69. The Labute approximate surface area is 152 Å². The summed E-state index contributed by atoms with van der Waals surface area (Å²) in [7, 11) is 0. The first-order chi connectivity index (χ1) is 12.2. The zero-order valence-corrected chi connectivity index (χ0v) is 15.0. The number of aliphatic hydroxyl groups excluding tert-OH is 1. The summed E-state index contributed by atoms with van der Waals surface area (Å²) in [5.74, 6) is -4.23. The molecule has 8 unspecified atom stereocenters. The molecule has 0 radical (unpaired) electrons. The van der Waals surface area contributed by atoms with Crippen LogP contribution in [-0.4, -0.2) is 39.6 Å². The second-order valence-electron chi connectivity index (χ2n) is 9.22. The van der Waals surface area contributed by atoms with E-state index in [2.05, 4.69) is 6.58 Å². The van der Waals surface area contributed by atoms with Crippen molar-refractivity contribution in [2.45, 2.75) is 51.6 Å². The molecular weight excluding hydrogens is 336 g/mol. The molecule has 4 saturated carbocycles. The van der Waals surface area contributed by atoms with E-state index in [1.807, 2.05) is 0 Å². The largest absolute Gasteiger partial charge is 0.481 e. The molecule has 4 aliphatic rings. The van der Waals surface area contributed by atoms with Crippen LogP contribution < -0.4 is 0 Å². The number of fused-ring (bicyclic) bond motifs is 3. The molecule has 4 rings (SSSR count). The van der Waals surface area contributed by atoms with Crippen LogP contribution in [-0.2, 0) is 14.4 Å². The standard InChI is InChI=1S/C20H26O6/c1-10-11-4-5-12-19(9-21)7-3-6-18(2,17(25)26)14(19)13(16(23)24)20(12,8-11)15(10)22/h9,11-15,22H,1,3-8H2,2H3,(H,23,24)(H,25,26). The van der Waals surface area contributed by atoms with Crippen molar-refractivity contribution in [2.75, 3.05) is 0 Å². The van der Waals surface area contributed by atoms with E-state index < -0.39 is 46.1 Å². The fourth-order valence-corrected chi connectivity index (χ4v) is 7.65.